The second-order valence-electron chi connectivity index (χ2n) is 5.28. The molecule has 2 heterocycles. The van der Waals surface area contributed by atoms with E-state index < -0.39 is 10.0 Å². The van der Waals surface area contributed by atoms with Crippen LogP contribution in [0.2, 0.25) is 0 Å². The van der Waals surface area contributed by atoms with Gasteiger partial charge in [0.2, 0.25) is 10.0 Å². The van der Waals surface area contributed by atoms with Gasteiger partial charge in [-0.1, -0.05) is 12.8 Å². The quantitative estimate of drug-likeness (QED) is 0.646. The van der Waals surface area contributed by atoms with Crippen LogP contribution in [-0.2, 0) is 10.0 Å². The van der Waals surface area contributed by atoms with Gasteiger partial charge in [0.15, 0.2) is 0 Å². The standard InChI is InChI=1S/C15H22N4O3S/c1-23(20,21)18-9-4-2-3-5-11-22-13-6-7-14(16-12-13)15-8-10-17-19-15/h6-8,10,12,18H,2-5,9,11H2,1H3,(H,17,19). The van der Waals surface area contributed by atoms with Gasteiger partial charge in [-0.2, -0.15) is 5.10 Å². The van der Waals surface area contributed by atoms with Crippen LogP contribution in [0.4, 0.5) is 0 Å². The molecule has 0 amide bonds. The Kier molecular flexibility index (Phi) is 6.54. The molecule has 0 aliphatic carbocycles. The van der Waals surface area contributed by atoms with Gasteiger partial charge in [0.25, 0.3) is 0 Å². The molecule has 0 aromatic carbocycles. The minimum absolute atomic E-state index is 0.499. The van der Waals surface area contributed by atoms with Crippen LogP contribution in [0.1, 0.15) is 25.7 Å². The van der Waals surface area contributed by atoms with Gasteiger partial charge in [0.1, 0.15) is 5.75 Å². The van der Waals surface area contributed by atoms with E-state index in [2.05, 4.69) is 19.9 Å². The molecule has 2 N–H and O–H groups in total. The Balaban J connectivity index is 1.58. The molecular weight excluding hydrogens is 316 g/mol. The van der Waals surface area contributed by atoms with Gasteiger partial charge in [0.05, 0.1) is 30.4 Å². The van der Waals surface area contributed by atoms with Gasteiger partial charge in [-0.3, -0.25) is 10.1 Å². The van der Waals surface area contributed by atoms with E-state index in [4.69, 9.17) is 4.74 Å². The lowest BCUT2D eigenvalue weighted by Crippen LogP contribution is -2.22. The van der Waals surface area contributed by atoms with E-state index in [1.54, 1.807) is 12.4 Å². The van der Waals surface area contributed by atoms with Crippen molar-refractivity contribution in [3.8, 4) is 17.1 Å². The number of rotatable bonds is 10. The first-order chi connectivity index (χ1) is 11.0. The molecule has 0 radical (unpaired) electrons. The molecule has 0 saturated heterocycles. The Morgan fingerprint density at radius 1 is 1.17 bits per heavy atom. The number of nitrogens with zero attached hydrogens (tertiary/aromatic N) is 2. The van der Waals surface area contributed by atoms with Crippen LogP contribution in [0.25, 0.3) is 11.4 Å². The highest BCUT2D eigenvalue weighted by Gasteiger charge is 2.01. The van der Waals surface area contributed by atoms with Crippen molar-refractivity contribution in [1.29, 1.82) is 0 Å². The largest absolute Gasteiger partial charge is 0.492 e. The normalized spacial score (nSPS) is 11.5. The number of hydrogen-bond donors (Lipinski definition) is 2. The van der Waals surface area contributed by atoms with Crippen LogP contribution >= 0.6 is 0 Å². The topological polar surface area (TPSA) is 97.0 Å². The summed E-state index contributed by atoms with van der Waals surface area (Å²) in [6, 6.07) is 5.64. The zero-order valence-corrected chi connectivity index (χ0v) is 14.0. The van der Waals surface area contributed by atoms with Crippen LogP contribution < -0.4 is 9.46 Å². The van der Waals surface area contributed by atoms with Crippen LogP contribution in [-0.4, -0.2) is 43.0 Å². The summed E-state index contributed by atoms with van der Waals surface area (Å²) in [7, 11) is -3.07. The summed E-state index contributed by atoms with van der Waals surface area (Å²) in [5.41, 5.74) is 1.70. The summed E-state index contributed by atoms with van der Waals surface area (Å²) in [5, 5.41) is 6.75. The zero-order chi connectivity index (χ0) is 16.5. The maximum Gasteiger partial charge on any atom is 0.208 e. The van der Waals surface area contributed by atoms with Crippen LogP contribution in [0.5, 0.6) is 5.75 Å². The van der Waals surface area contributed by atoms with Gasteiger partial charge in [-0.05, 0) is 31.0 Å². The van der Waals surface area contributed by atoms with E-state index in [0.717, 1.165) is 42.8 Å². The van der Waals surface area contributed by atoms with Crippen molar-refractivity contribution < 1.29 is 13.2 Å². The Morgan fingerprint density at radius 2 is 2.00 bits per heavy atom. The maximum atomic E-state index is 10.9. The number of pyridine rings is 1. The number of aromatic nitrogens is 3. The molecule has 0 fully saturated rings. The highest BCUT2D eigenvalue weighted by molar-refractivity contribution is 7.88. The van der Waals surface area contributed by atoms with Crippen molar-refractivity contribution in [2.75, 3.05) is 19.4 Å². The highest BCUT2D eigenvalue weighted by atomic mass is 32.2. The fourth-order valence-corrected chi connectivity index (χ4v) is 2.57. The second kappa shape index (κ2) is 8.64. The maximum absolute atomic E-state index is 10.9. The van der Waals surface area contributed by atoms with Crippen molar-refractivity contribution in [2.24, 2.45) is 0 Å². The van der Waals surface area contributed by atoms with Crippen LogP contribution in [0, 0.1) is 0 Å². The Bertz CT molecular complexity index is 669. The first-order valence-electron chi connectivity index (χ1n) is 7.58. The van der Waals surface area contributed by atoms with Crippen molar-refractivity contribution in [1.82, 2.24) is 19.9 Å². The summed E-state index contributed by atoms with van der Waals surface area (Å²) < 4.78 is 29.9. The van der Waals surface area contributed by atoms with E-state index >= 15 is 0 Å². The Hall–Kier alpha value is -1.93. The lowest BCUT2D eigenvalue weighted by molar-refractivity contribution is 0.303. The fourth-order valence-electron chi connectivity index (χ4n) is 2.05. The van der Waals surface area contributed by atoms with E-state index in [9.17, 15) is 8.42 Å². The minimum atomic E-state index is -3.07. The van der Waals surface area contributed by atoms with E-state index in [0.29, 0.717) is 13.2 Å². The van der Waals surface area contributed by atoms with E-state index in [1.165, 1.54) is 6.26 Å². The molecule has 0 aliphatic rings. The number of hydrogen-bond acceptors (Lipinski definition) is 5. The first-order valence-corrected chi connectivity index (χ1v) is 9.47. The number of H-pyrrole nitrogens is 1. The molecule has 7 nitrogen and oxygen atoms in total. The molecule has 0 spiro atoms. The molecule has 0 aliphatic heterocycles. The van der Waals surface area contributed by atoms with Gasteiger partial charge >= 0.3 is 0 Å². The van der Waals surface area contributed by atoms with Gasteiger partial charge in [0, 0.05) is 12.7 Å². The predicted octanol–water partition coefficient (Wildman–Crippen LogP) is 1.96. The third-order valence-corrected chi connectivity index (χ3v) is 3.95. The average Bonchev–Trinajstić information content (AvgIpc) is 3.04. The summed E-state index contributed by atoms with van der Waals surface area (Å²) in [6.07, 6.45) is 8.31. The molecule has 2 rings (SSSR count). The lowest BCUT2D eigenvalue weighted by atomic mass is 10.2. The summed E-state index contributed by atoms with van der Waals surface area (Å²) in [6.45, 7) is 1.13. The fraction of sp³-hybridized carbons (Fsp3) is 0.467. The second-order valence-corrected chi connectivity index (χ2v) is 7.11. The number of ether oxygens (including phenoxy) is 1. The van der Waals surface area contributed by atoms with Crippen molar-refractivity contribution >= 4 is 10.0 Å². The van der Waals surface area contributed by atoms with Crippen molar-refractivity contribution in [3.05, 3.63) is 30.6 Å². The van der Waals surface area contributed by atoms with Gasteiger partial charge in [-0.25, -0.2) is 13.1 Å². The first kappa shape index (κ1) is 17.4. The zero-order valence-electron chi connectivity index (χ0n) is 13.2. The van der Waals surface area contributed by atoms with Crippen LogP contribution in [0.15, 0.2) is 30.6 Å². The molecule has 0 bridgehead atoms. The number of unbranched alkanes of at least 4 members (excludes halogenated alkanes) is 3. The number of aromatic amines is 1. The van der Waals surface area contributed by atoms with Crippen molar-refractivity contribution in [2.45, 2.75) is 25.7 Å². The molecule has 0 unspecified atom stereocenters. The van der Waals surface area contributed by atoms with E-state index in [1.807, 2.05) is 18.2 Å². The monoisotopic (exact) mass is 338 g/mol. The Labute approximate surface area is 136 Å². The third-order valence-electron chi connectivity index (χ3n) is 3.22. The third kappa shape index (κ3) is 6.79. The summed E-state index contributed by atoms with van der Waals surface area (Å²) in [4.78, 5) is 4.32. The van der Waals surface area contributed by atoms with Gasteiger partial charge in [-0.15, -0.1) is 0 Å². The molecule has 126 valence electrons. The predicted molar refractivity (Wildman–Crippen MR) is 88.6 cm³/mol. The average molecular weight is 338 g/mol. The summed E-state index contributed by atoms with van der Waals surface area (Å²) >= 11 is 0. The van der Waals surface area contributed by atoms with Crippen LogP contribution in [0.3, 0.4) is 0 Å². The molecule has 8 heteroatoms. The Morgan fingerprint density at radius 3 is 2.65 bits per heavy atom. The lowest BCUT2D eigenvalue weighted by Gasteiger charge is -2.06. The molecular formula is C15H22N4O3S. The summed E-state index contributed by atoms with van der Waals surface area (Å²) in [5.74, 6) is 0.743. The molecule has 0 saturated carbocycles. The number of nitrogens with one attached hydrogen (secondary N) is 2. The van der Waals surface area contributed by atoms with Crippen molar-refractivity contribution in [3.63, 3.8) is 0 Å². The molecule has 2 aromatic heterocycles. The highest BCUT2D eigenvalue weighted by Crippen LogP contribution is 2.17. The minimum Gasteiger partial charge on any atom is -0.492 e. The molecule has 23 heavy (non-hydrogen) atoms. The SMILES string of the molecule is CS(=O)(=O)NCCCCCCOc1ccc(-c2ccn[nH]2)nc1. The van der Waals surface area contributed by atoms with E-state index in [-0.39, 0.29) is 0 Å². The molecule has 2 aromatic rings. The smallest absolute Gasteiger partial charge is 0.208 e. The van der Waals surface area contributed by atoms with Gasteiger partial charge < -0.3 is 4.74 Å². The number of sulfonamides is 1. The molecule has 0 atom stereocenters.